The van der Waals surface area contributed by atoms with E-state index in [9.17, 15) is 24.0 Å². The average molecular weight is 601 g/mol. The number of aromatic carboxylic acids is 3. The summed E-state index contributed by atoms with van der Waals surface area (Å²) in [6.45, 7) is 0.660. The van der Waals surface area contributed by atoms with Gasteiger partial charge < -0.3 is 35.7 Å². The summed E-state index contributed by atoms with van der Waals surface area (Å²) in [5, 5.41) is 59.6. The predicted octanol–water partition coefficient (Wildman–Crippen LogP) is 5.54. The molecule has 12 heteroatoms. The van der Waals surface area contributed by atoms with E-state index in [1.807, 2.05) is 0 Å². The Morgan fingerprint density at radius 1 is 0.429 bits per heavy atom. The van der Waals surface area contributed by atoms with Gasteiger partial charge in [-0.05, 0) is 43.9 Å². The summed E-state index contributed by atoms with van der Waals surface area (Å²) in [5.74, 6) is -5.63. The number of rotatable bonds is 22. The fourth-order valence-corrected chi connectivity index (χ4v) is 3.76. The van der Waals surface area contributed by atoms with Gasteiger partial charge in [-0.25, -0.2) is 14.4 Å². The van der Waals surface area contributed by atoms with Gasteiger partial charge in [0.15, 0.2) is 0 Å². The Bertz CT molecular complexity index is 884. The summed E-state index contributed by atoms with van der Waals surface area (Å²) in [5.41, 5.74) is -1.24. The molecule has 0 spiro atoms. The molecule has 7 N–H and O–H groups in total. The highest BCUT2D eigenvalue weighted by molar-refractivity contribution is 6.03. The van der Waals surface area contributed by atoms with Crippen LogP contribution >= 0.6 is 0 Å². The van der Waals surface area contributed by atoms with Crippen molar-refractivity contribution in [1.29, 1.82) is 0 Å². The Morgan fingerprint density at radius 2 is 0.762 bits per heavy atom. The largest absolute Gasteiger partial charge is 0.481 e. The number of aliphatic hydroxyl groups excluding tert-OH is 2. The van der Waals surface area contributed by atoms with E-state index in [0.29, 0.717) is 13.2 Å². The summed E-state index contributed by atoms with van der Waals surface area (Å²) in [7, 11) is 0. The third kappa shape index (κ3) is 25.5. The van der Waals surface area contributed by atoms with Gasteiger partial charge in [0.2, 0.25) is 0 Å². The van der Waals surface area contributed by atoms with Crippen molar-refractivity contribution in [3.63, 3.8) is 0 Å². The van der Waals surface area contributed by atoms with Crippen molar-refractivity contribution in [2.45, 2.75) is 109 Å². The second-order valence-electron chi connectivity index (χ2n) is 9.71. The Morgan fingerprint density at radius 3 is 1.05 bits per heavy atom. The van der Waals surface area contributed by atoms with E-state index < -0.39 is 41.0 Å². The summed E-state index contributed by atoms with van der Waals surface area (Å²) < 4.78 is 0. The molecule has 240 valence electrons. The number of carboxylic acid groups (broad SMARTS) is 5. The molecule has 0 aliphatic rings. The van der Waals surface area contributed by atoms with E-state index >= 15 is 0 Å². The van der Waals surface area contributed by atoms with E-state index in [4.69, 9.17) is 35.7 Å². The SMILES string of the molecule is O=C(O)CCCCCCCCCCC(=O)O.O=C(O)c1ccc(C(=O)O)c(C(=O)O)c1.OCCCCCCCCCO. The third-order valence-corrected chi connectivity index (χ3v) is 6.07. The summed E-state index contributed by atoms with van der Waals surface area (Å²) in [6, 6.07) is 2.81. The highest BCUT2D eigenvalue weighted by Crippen LogP contribution is 2.13. The standard InChI is InChI=1S/C12H22O4.C9H6O6.C9H20O2/c13-11(14)9-7-5-3-1-2-4-6-8-10-12(15)16;10-7(11)4-1-2-5(8(12)13)6(3-4)9(14)15;10-8-6-4-2-1-3-5-7-9-11/h1-10H2,(H,13,14)(H,15,16);1-3H,(H,10,11)(H,12,13)(H,14,15);10-11H,1-9H2. The van der Waals surface area contributed by atoms with Gasteiger partial charge >= 0.3 is 29.8 Å². The number of carbonyl (C=O) groups is 5. The Kier molecular flexibility index (Phi) is 26.7. The zero-order valence-corrected chi connectivity index (χ0v) is 24.3. The van der Waals surface area contributed by atoms with Crippen LogP contribution in [0.4, 0.5) is 0 Å². The number of unbranched alkanes of at least 4 members (excludes halogenated alkanes) is 13. The second kappa shape index (κ2) is 27.6. The molecule has 42 heavy (non-hydrogen) atoms. The average Bonchev–Trinajstić information content (AvgIpc) is 2.93. The van der Waals surface area contributed by atoms with Crippen LogP contribution in [0, 0.1) is 0 Å². The minimum Gasteiger partial charge on any atom is -0.481 e. The lowest BCUT2D eigenvalue weighted by molar-refractivity contribution is -0.138. The Hall–Kier alpha value is -3.51. The molecule has 0 amide bonds. The maximum atomic E-state index is 10.6. The van der Waals surface area contributed by atoms with E-state index in [1.165, 1.54) is 19.3 Å². The van der Waals surface area contributed by atoms with Crippen LogP contribution in [0.15, 0.2) is 18.2 Å². The van der Waals surface area contributed by atoms with Crippen molar-refractivity contribution < 1.29 is 59.7 Å². The van der Waals surface area contributed by atoms with Crippen LogP contribution in [-0.2, 0) is 9.59 Å². The lowest BCUT2D eigenvalue weighted by Gasteiger charge is -2.02. The molecule has 0 heterocycles. The van der Waals surface area contributed by atoms with Gasteiger partial charge in [-0.3, -0.25) is 9.59 Å². The first kappa shape index (κ1) is 40.6. The molecule has 0 aliphatic heterocycles. The molecule has 12 nitrogen and oxygen atoms in total. The van der Waals surface area contributed by atoms with Gasteiger partial charge in [-0.15, -0.1) is 0 Å². The Labute approximate surface area is 247 Å². The van der Waals surface area contributed by atoms with Crippen LogP contribution < -0.4 is 0 Å². The number of benzene rings is 1. The van der Waals surface area contributed by atoms with Crippen molar-refractivity contribution in [3.05, 3.63) is 34.9 Å². The zero-order chi connectivity index (χ0) is 32.2. The third-order valence-electron chi connectivity index (χ3n) is 6.07. The van der Waals surface area contributed by atoms with E-state index in [0.717, 1.165) is 95.2 Å². The molecular weight excluding hydrogens is 552 g/mol. The van der Waals surface area contributed by atoms with E-state index in [-0.39, 0.29) is 18.4 Å². The molecule has 0 radical (unpaired) electrons. The fourth-order valence-electron chi connectivity index (χ4n) is 3.76. The topological polar surface area (TPSA) is 227 Å². The molecular formula is C30H48O12. The van der Waals surface area contributed by atoms with Gasteiger partial charge in [-0.1, -0.05) is 70.6 Å². The zero-order valence-electron chi connectivity index (χ0n) is 24.3. The fraction of sp³-hybridized carbons (Fsp3) is 0.633. The van der Waals surface area contributed by atoms with Crippen LogP contribution in [0.1, 0.15) is 140 Å². The molecule has 0 bridgehead atoms. The molecule has 0 saturated carbocycles. The molecule has 1 aromatic rings. The number of aliphatic hydroxyl groups is 2. The first-order valence-corrected chi connectivity index (χ1v) is 14.5. The maximum Gasteiger partial charge on any atom is 0.336 e. The molecule has 1 aromatic carbocycles. The van der Waals surface area contributed by atoms with Crippen LogP contribution in [0.2, 0.25) is 0 Å². The van der Waals surface area contributed by atoms with Crippen LogP contribution in [0.25, 0.3) is 0 Å². The normalized spacial score (nSPS) is 10.0. The number of aliphatic carboxylic acids is 2. The summed E-state index contributed by atoms with van der Waals surface area (Å²) >= 11 is 0. The first-order chi connectivity index (χ1) is 20.0. The van der Waals surface area contributed by atoms with Crippen molar-refractivity contribution in [2.24, 2.45) is 0 Å². The monoisotopic (exact) mass is 600 g/mol. The number of hydrogen-bond acceptors (Lipinski definition) is 7. The van der Waals surface area contributed by atoms with Crippen LogP contribution in [0.5, 0.6) is 0 Å². The smallest absolute Gasteiger partial charge is 0.336 e. The molecule has 0 saturated heterocycles. The van der Waals surface area contributed by atoms with Crippen molar-refractivity contribution in [1.82, 2.24) is 0 Å². The van der Waals surface area contributed by atoms with Crippen LogP contribution in [-0.4, -0.2) is 78.8 Å². The molecule has 0 atom stereocenters. The van der Waals surface area contributed by atoms with Crippen molar-refractivity contribution >= 4 is 29.8 Å². The molecule has 0 fully saturated rings. The van der Waals surface area contributed by atoms with Gasteiger partial charge in [0.25, 0.3) is 0 Å². The van der Waals surface area contributed by atoms with Gasteiger partial charge in [0, 0.05) is 26.1 Å². The second-order valence-corrected chi connectivity index (χ2v) is 9.71. The number of carboxylic acids is 5. The Balaban J connectivity index is 0. The minimum absolute atomic E-state index is 0.266. The molecule has 0 aliphatic carbocycles. The van der Waals surface area contributed by atoms with Gasteiger partial charge in [0.05, 0.1) is 16.7 Å². The van der Waals surface area contributed by atoms with E-state index in [2.05, 4.69) is 0 Å². The van der Waals surface area contributed by atoms with E-state index in [1.54, 1.807) is 0 Å². The van der Waals surface area contributed by atoms with Crippen LogP contribution in [0.3, 0.4) is 0 Å². The quantitative estimate of drug-likeness (QED) is 0.0814. The summed E-state index contributed by atoms with van der Waals surface area (Å²) in [6.07, 6.45) is 16.4. The highest BCUT2D eigenvalue weighted by Gasteiger charge is 2.18. The molecule has 0 unspecified atom stereocenters. The lowest BCUT2D eigenvalue weighted by atomic mass is 10.0. The molecule has 0 aromatic heterocycles. The highest BCUT2D eigenvalue weighted by atomic mass is 16.4. The van der Waals surface area contributed by atoms with Gasteiger partial charge in [-0.2, -0.15) is 0 Å². The first-order valence-electron chi connectivity index (χ1n) is 14.5. The predicted molar refractivity (Wildman–Crippen MR) is 155 cm³/mol. The van der Waals surface area contributed by atoms with Crippen molar-refractivity contribution in [2.75, 3.05) is 13.2 Å². The molecule has 1 rings (SSSR count). The van der Waals surface area contributed by atoms with Crippen molar-refractivity contribution in [3.8, 4) is 0 Å². The van der Waals surface area contributed by atoms with Gasteiger partial charge in [0.1, 0.15) is 0 Å². The summed E-state index contributed by atoms with van der Waals surface area (Å²) in [4.78, 5) is 52.2. The number of hydrogen-bond donors (Lipinski definition) is 7. The lowest BCUT2D eigenvalue weighted by Crippen LogP contribution is -2.10. The maximum absolute atomic E-state index is 10.6. The minimum atomic E-state index is -1.48.